The molecule has 1 atom stereocenters. The average Bonchev–Trinajstić information content (AvgIpc) is 2.03. The van der Waals surface area contributed by atoms with Crippen LogP contribution >= 0.6 is 11.6 Å². The fraction of sp³-hybridized carbons (Fsp3) is 0.400. The summed E-state index contributed by atoms with van der Waals surface area (Å²) in [5, 5.41) is 10.4. The van der Waals surface area contributed by atoms with Crippen molar-refractivity contribution < 1.29 is 22.4 Å². The summed E-state index contributed by atoms with van der Waals surface area (Å²) < 4.78 is 0. The van der Waals surface area contributed by atoms with Crippen LogP contribution in [0.3, 0.4) is 0 Å². The third-order valence-corrected chi connectivity index (χ3v) is 2.07. The van der Waals surface area contributed by atoms with Gasteiger partial charge in [0.1, 0.15) is 12.6 Å². The highest BCUT2D eigenvalue weighted by Crippen LogP contribution is 2.16. The highest BCUT2D eigenvalue weighted by Gasteiger charge is 2.10. The zero-order chi connectivity index (χ0) is 9.84. The number of nitrogens with one attached hydrogen (secondary N) is 1. The van der Waals surface area contributed by atoms with E-state index in [0.29, 0.717) is 11.6 Å². The van der Waals surface area contributed by atoms with E-state index in [4.69, 9.17) is 11.6 Å². The van der Waals surface area contributed by atoms with Crippen LogP contribution in [-0.2, 0) is 0 Å². The predicted octanol–water partition coefficient (Wildman–Crippen LogP) is -2.48. The van der Waals surface area contributed by atoms with E-state index >= 15 is 0 Å². The first kappa shape index (κ1) is 13.7. The fourth-order valence-corrected chi connectivity index (χ4v) is 1.42. The normalized spacial score (nSPS) is 12.4. The van der Waals surface area contributed by atoms with Gasteiger partial charge < -0.3 is 22.4 Å². The van der Waals surface area contributed by atoms with E-state index in [0.717, 1.165) is 5.56 Å². The van der Waals surface area contributed by atoms with Gasteiger partial charge >= 0.3 is 0 Å². The second-order valence-electron chi connectivity index (χ2n) is 3.48. The monoisotopic (exact) mass is 235 g/mol. The molecule has 0 aliphatic rings. The number of hydrogen-bond donors (Lipinski definition) is 2. The van der Waals surface area contributed by atoms with Gasteiger partial charge in [-0.15, -0.1) is 0 Å². The maximum atomic E-state index is 9.74. The molecule has 14 heavy (non-hydrogen) atoms. The zero-order valence-electron chi connectivity index (χ0n) is 8.30. The van der Waals surface area contributed by atoms with Crippen molar-refractivity contribution in [3.8, 4) is 0 Å². The number of aliphatic hydroxyl groups excluding tert-OH is 1. The minimum atomic E-state index is -0.427. The molecule has 0 amide bonds. The molecule has 0 spiro atoms. The molecule has 1 aromatic carbocycles. The number of rotatable bonds is 3. The minimum absolute atomic E-state index is 0. The largest absolute Gasteiger partial charge is 1.00 e. The summed E-state index contributed by atoms with van der Waals surface area (Å²) in [6.45, 7) is 0.695. The summed E-state index contributed by atoms with van der Waals surface area (Å²) in [6.07, 6.45) is -0.427. The highest BCUT2D eigenvalue weighted by molar-refractivity contribution is 6.30. The number of aliphatic hydroxyl groups is 1. The van der Waals surface area contributed by atoms with Crippen molar-refractivity contribution in [1.82, 2.24) is 0 Å². The maximum absolute atomic E-state index is 9.74. The Balaban J connectivity index is 0.00000169. The number of halogens is 2. The summed E-state index contributed by atoms with van der Waals surface area (Å²) in [4.78, 5) is 1.22. The number of quaternary nitrogens is 1. The summed E-state index contributed by atoms with van der Waals surface area (Å²) in [5.41, 5.74) is 0.883. The van der Waals surface area contributed by atoms with E-state index < -0.39 is 6.10 Å². The Labute approximate surface area is 95.9 Å². The van der Waals surface area contributed by atoms with Crippen molar-refractivity contribution >= 4 is 11.6 Å². The SMILES string of the molecule is C[NH+](C)C[C@@H](O)c1cccc(Cl)c1.[Cl-]. The molecule has 0 aliphatic carbocycles. The Morgan fingerprint density at radius 3 is 2.57 bits per heavy atom. The second kappa shape index (κ2) is 6.25. The third-order valence-electron chi connectivity index (χ3n) is 1.84. The molecule has 0 aromatic heterocycles. The molecule has 1 rings (SSSR count). The minimum Gasteiger partial charge on any atom is -1.00 e. The topological polar surface area (TPSA) is 24.7 Å². The molecular weight excluding hydrogens is 221 g/mol. The molecule has 2 N–H and O–H groups in total. The molecule has 2 nitrogen and oxygen atoms in total. The first-order valence-electron chi connectivity index (χ1n) is 4.32. The van der Waals surface area contributed by atoms with Gasteiger partial charge in [0.2, 0.25) is 0 Å². The van der Waals surface area contributed by atoms with Gasteiger partial charge in [-0.05, 0) is 17.7 Å². The number of benzene rings is 1. The molecule has 4 heteroatoms. The van der Waals surface area contributed by atoms with Crippen molar-refractivity contribution in [3.05, 3.63) is 34.9 Å². The van der Waals surface area contributed by atoms with Gasteiger partial charge in [-0.1, -0.05) is 23.7 Å². The van der Waals surface area contributed by atoms with Gasteiger partial charge in [0.25, 0.3) is 0 Å². The van der Waals surface area contributed by atoms with Crippen LogP contribution in [-0.4, -0.2) is 25.7 Å². The average molecular weight is 236 g/mol. The van der Waals surface area contributed by atoms with E-state index in [1.54, 1.807) is 12.1 Å². The number of hydrogen-bond acceptors (Lipinski definition) is 1. The molecule has 0 saturated heterocycles. The predicted molar refractivity (Wildman–Crippen MR) is 54.1 cm³/mol. The summed E-state index contributed by atoms with van der Waals surface area (Å²) in [6, 6.07) is 7.35. The molecule has 80 valence electrons. The van der Waals surface area contributed by atoms with Gasteiger partial charge in [0.05, 0.1) is 14.1 Å². The van der Waals surface area contributed by atoms with Crippen LogP contribution in [0.1, 0.15) is 11.7 Å². The smallest absolute Gasteiger partial charge is 0.128 e. The number of likely N-dealkylation sites (N-methyl/N-ethyl adjacent to an activating group) is 1. The van der Waals surface area contributed by atoms with Crippen LogP contribution in [0, 0.1) is 0 Å². The quantitative estimate of drug-likeness (QED) is 0.597. The van der Waals surface area contributed by atoms with E-state index in [1.165, 1.54) is 4.90 Å². The first-order chi connectivity index (χ1) is 6.09. The van der Waals surface area contributed by atoms with Crippen LogP contribution in [0.5, 0.6) is 0 Å². The lowest BCUT2D eigenvalue weighted by Gasteiger charge is -2.13. The summed E-state index contributed by atoms with van der Waals surface area (Å²) in [5.74, 6) is 0. The Morgan fingerprint density at radius 1 is 1.43 bits per heavy atom. The maximum Gasteiger partial charge on any atom is 0.128 e. The van der Waals surface area contributed by atoms with Crippen molar-refractivity contribution in [3.63, 3.8) is 0 Å². The van der Waals surface area contributed by atoms with E-state index in [1.807, 2.05) is 26.2 Å². The molecule has 1 aromatic rings. The van der Waals surface area contributed by atoms with E-state index in [9.17, 15) is 5.11 Å². The molecule has 0 aliphatic heterocycles. The molecule has 0 bridgehead atoms. The summed E-state index contributed by atoms with van der Waals surface area (Å²) in [7, 11) is 4.02. The van der Waals surface area contributed by atoms with Crippen molar-refractivity contribution in [2.45, 2.75) is 6.10 Å². The Morgan fingerprint density at radius 2 is 2.07 bits per heavy atom. The van der Waals surface area contributed by atoms with Crippen molar-refractivity contribution in [2.75, 3.05) is 20.6 Å². The standard InChI is InChI=1S/C10H14ClNO.ClH/c1-12(2)7-10(13)8-4-3-5-9(11)6-8;/h3-6,10,13H,7H2,1-2H3;1H/t10-;/m1./s1. The van der Waals surface area contributed by atoms with Crippen LogP contribution in [0.2, 0.25) is 5.02 Å². The van der Waals surface area contributed by atoms with Gasteiger partial charge in [0.15, 0.2) is 0 Å². The fourth-order valence-electron chi connectivity index (χ4n) is 1.22. The van der Waals surface area contributed by atoms with Gasteiger partial charge in [-0.25, -0.2) is 0 Å². The van der Waals surface area contributed by atoms with E-state index in [-0.39, 0.29) is 12.4 Å². The Kier molecular flexibility index (Phi) is 6.12. The Bertz CT molecular complexity index is 279. The molecule has 0 fully saturated rings. The molecule has 0 radical (unpaired) electrons. The van der Waals surface area contributed by atoms with Crippen molar-refractivity contribution in [2.24, 2.45) is 0 Å². The van der Waals surface area contributed by atoms with Gasteiger partial charge in [-0.2, -0.15) is 0 Å². The van der Waals surface area contributed by atoms with Crippen LogP contribution in [0.4, 0.5) is 0 Å². The lowest BCUT2D eigenvalue weighted by Crippen LogP contribution is -3.06. The Hall–Kier alpha value is -0.280. The molecular formula is C10H15Cl2NO. The molecule has 0 heterocycles. The van der Waals surface area contributed by atoms with E-state index in [2.05, 4.69) is 0 Å². The van der Waals surface area contributed by atoms with Crippen molar-refractivity contribution in [1.29, 1.82) is 0 Å². The van der Waals surface area contributed by atoms with Crippen LogP contribution in [0.15, 0.2) is 24.3 Å². The summed E-state index contributed by atoms with van der Waals surface area (Å²) >= 11 is 5.81. The third kappa shape index (κ3) is 4.29. The lowest BCUT2D eigenvalue weighted by atomic mass is 10.1. The van der Waals surface area contributed by atoms with Gasteiger partial charge in [-0.3, -0.25) is 0 Å². The van der Waals surface area contributed by atoms with Crippen LogP contribution in [0.25, 0.3) is 0 Å². The first-order valence-corrected chi connectivity index (χ1v) is 4.70. The molecule has 0 unspecified atom stereocenters. The lowest BCUT2D eigenvalue weighted by molar-refractivity contribution is -0.862. The highest BCUT2D eigenvalue weighted by atomic mass is 35.5. The molecule has 0 saturated carbocycles. The second-order valence-corrected chi connectivity index (χ2v) is 3.92. The zero-order valence-corrected chi connectivity index (χ0v) is 9.81. The van der Waals surface area contributed by atoms with Gasteiger partial charge in [0, 0.05) is 5.02 Å². The van der Waals surface area contributed by atoms with Crippen LogP contribution < -0.4 is 17.3 Å².